The van der Waals surface area contributed by atoms with Crippen LogP contribution in [0.4, 0.5) is 5.69 Å². The van der Waals surface area contributed by atoms with E-state index < -0.39 is 5.97 Å². The number of anilines is 1. The molecule has 2 saturated heterocycles. The molecule has 0 radical (unpaired) electrons. The number of amides is 1. The van der Waals surface area contributed by atoms with Crippen LogP contribution in [0.5, 0.6) is 0 Å². The summed E-state index contributed by atoms with van der Waals surface area (Å²) in [5.41, 5.74) is 4.41. The van der Waals surface area contributed by atoms with Gasteiger partial charge in [0.25, 0.3) is 5.91 Å². The maximum atomic E-state index is 12.9. The van der Waals surface area contributed by atoms with Gasteiger partial charge in [-0.1, -0.05) is 6.07 Å². The summed E-state index contributed by atoms with van der Waals surface area (Å²) in [6.45, 7) is 7.89. The summed E-state index contributed by atoms with van der Waals surface area (Å²) < 4.78 is 13.9. The molecule has 2 fully saturated rings. The quantitative estimate of drug-likeness (QED) is 0.459. The van der Waals surface area contributed by atoms with Gasteiger partial charge in [-0.2, -0.15) is 5.10 Å². The van der Waals surface area contributed by atoms with E-state index >= 15 is 0 Å². The fourth-order valence-electron chi connectivity index (χ4n) is 5.26. The van der Waals surface area contributed by atoms with Crippen LogP contribution in [0.1, 0.15) is 64.6 Å². The van der Waals surface area contributed by atoms with Crippen LogP contribution in [0.25, 0.3) is 11.0 Å². The van der Waals surface area contributed by atoms with E-state index in [1.54, 1.807) is 17.0 Å². The lowest BCUT2D eigenvalue weighted by molar-refractivity contribution is -0.000430. The molecule has 0 aliphatic carbocycles. The summed E-state index contributed by atoms with van der Waals surface area (Å²) in [4.78, 5) is 30.9. The Kier molecular flexibility index (Phi) is 7.90. The second-order valence-corrected chi connectivity index (χ2v) is 9.97. The normalized spacial score (nSPS) is 17.2. The number of aryl methyl sites for hydroxylation is 2. The number of carboxylic acids is 1. The number of fused-ring (bicyclic) bond motifs is 1. The number of hydrogen-bond acceptors (Lipinski definition) is 7. The van der Waals surface area contributed by atoms with E-state index in [1.807, 2.05) is 17.8 Å². The maximum absolute atomic E-state index is 12.9. The summed E-state index contributed by atoms with van der Waals surface area (Å²) >= 11 is 0. The number of carbonyl (C=O) groups is 2. The van der Waals surface area contributed by atoms with Crippen LogP contribution >= 0.6 is 0 Å². The van der Waals surface area contributed by atoms with Crippen molar-refractivity contribution in [2.75, 3.05) is 31.6 Å². The molecule has 2 N–H and O–H groups in total. The van der Waals surface area contributed by atoms with Gasteiger partial charge >= 0.3 is 5.97 Å². The lowest BCUT2D eigenvalue weighted by Gasteiger charge is -2.32. The van der Waals surface area contributed by atoms with Crippen LogP contribution in [0.15, 0.2) is 30.5 Å². The first-order chi connectivity index (χ1) is 18.4. The number of carboxylic acid groups (broad SMARTS) is 1. The standard InChI is InChI=1S/C28H35N5O5/c1-3-33-26-23(16-29-33)25(31-21-9-13-37-14-10-21)24(18(2)30-26)17-38-22-7-11-32(12-8-22)27(34)19-5-4-6-20(15-19)28(35)36/h4-6,15-16,21-22H,3,7-14,17H2,1-2H3,(H,30,31)(H,35,36). The molecular formula is C28H35N5O5. The van der Waals surface area contributed by atoms with Crippen molar-refractivity contribution in [2.45, 2.75) is 64.8 Å². The molecule has 5 rings (SSSR count). The zero-order valence-corrected chi connectivity index (χ0v) is 22.0. The molecule has 10 heteroatoms. The van der Waals surface area contributed by atoms with E-state index in [-0.39, 0.29) is 17.6 Å². The van der Waals surface area contributed by atoms with Gasteiger partial charge < -0.3 is 24.8 Å². The highest BCUT2D eigenvalue weighted by Crippen LogP contribution is 2.32. The Balaban J connectivity index is 1.26. The Morgan fingerprint density at radius 1 is 1.16 bits per heavy atom. The molecule has 2 aliphatic rings. The van der Waals surface area contributed by atoms with Crippen molar-refractivity contribution < 1.29 is 24.2 Å². The van der Waals surface area contributed by atoms with Crippen LogP contribution in [0.2, 0.25) is 0 Å². The second-order valence-electron chi connectivity index (χ2n) is 9.97. The first-order valence-electron chi connectivity index (χ1n) is 13.4. The highest BCUT2D eigenvalue weighted by molar-refractivity contribution is 5.97. The number of hydrogen-bond donors (Lipinski definition) is 2. The van der Waals surface area contributed by atoms with E-state index in [2.05, 4.69) is 17.3 Å². The number of aromatic nitrogens is 3. The number of carbonyl (C=O) groups excluding carboxylic acids is 1. The number of likely N-dealkylation sites (tertiary alicyclic amines) is 1. The molecule has 2 aromatic heterocycles. The van der Waals surface area contributed by atoms with Crippen LogP contribution in [-0.2, 0) is 22.6 Å². The highest BCUT2D eigenvalue weighted by atomic mass is 16.5. The van der Waals surface area contributed by atoms with E-state index in [1.165, 1.54) is 12.1 Å². The Bertz CT molecular complexity index is 1310. The number of nitrogens with zero attached hydrogens (tertiary/aromatic N) is 4. The summed E-state index contributed by atoms with van der Waals surface area (Å²) in [6, 6.07) is 6.53. The van der Waals surface area contributed by atoms with Crippen LogP contribution in [0.3, 0.4) is 0 Å². The Labute approximate surface area is 221 Å². The number of piperidine rings is 1. The fourth-order valence-corrected chi connectivity index (χ4v) is 5.26. The third kappa shape index (κ3) is 5.51. The van der Waals surface area contributed by atoms with Gasteiger partial charge in [-0.15, -0.1) is 0 Å². The van der Waals surface area contributed by atoms with Gasteiger partial charge in [0.15, 0.2) is 5.65 Å². The lowest BCUT2D eigenvalue weighted by atomic mass is 10.0. The van der Waals surface area contributed by atoms with Crippen molar-refractivity contribution in [3.8, 4) is 0 Å². The Morgan fingerprint density at radius 2 is 1.89 bits per heavy atom. The first-order valence-corrected chi connectivity index (χ1v) is 13.4. The van der Waals surface area contributed by atoms with Gasteiger partial charge in [-0.05, 0) is 57.7 Å². The molecule has 4 heterocycles. The smallest absolute Gasteiger partial charge is 0.335 e. The van der Waals surface area contributed by atoms with E-state index in [9.17, 15) is 14.7 Å². The number of pyridine rings is 1. The zero-order valence-electron chi connectivity index (χ0n) is 22.0. The van der Waals surface area contributed by atoms with Gasteiger partial charge in [-0.25, -0.2) is 14.5 Å². The summed E-state index contributed by atoms with van der Waals surface area (Å²) in [5, 5.41) is 18.5. The van der Waals surface area contributed by atoms with Crippen molar-refractivity contribution in [2.24, 2.45) is 0 Å². The van der Waals surface area contributed by atoms with Crippen molar-refractivity contribution in [1.82, 2.24) is 19.7 Å². The lowest BCUT2D eigenvalue weighted by Crippen LogP contribution is -2.41. The predicted octanol–water partition coefficient (Wildman–Crippen LogP) is 3.87. The van der Waals surface area contributed by atoms with Crippen molar-refractivity contribution >= 4 is 28.6 Å². The minimum Gasteiger partial charge on any atom is -0.478 e. The van der Waals surface area contributed by atoms with E-state index in [4.69, 9.17) is 14.5 Å². The van der Waals surface area contributed by atoms with Gasteiger partial charge in [0.1, 0.15) is 0 Å². The molecule has 1 aromatic carbocycles. The number of aromatic carboxylic acids is 1. The molecule has 0 spiro atoms. The molecule has 3 aromatic rings. The molecular weight excluding hydrogens is 486 g/mol. The molecule has 1 amide bonds. The molecule has 10 nitrogen and oxygen atoms in total. The highest BCUT2D eigenvalue weighted by Gasteiger charge is 2.26. The van der Waals surface area contributed by atoms with Gasteiger partial charge in [0.2, 0.25) is 0 Å². The largest absolute Gasteiger partial charge is 0.478 e. The molecule has 0 atom stereocenters. The molecule has 38 heavy (non-hydrogen) atoms. The molecule has 202 valence electrons. The maximum Gasteiger partial charge on any atom is 0.335 e. The predicted molar refractivity (Wildman–Crippen MR) is 143 cm³/mol. The van der Waals surface area contributed by atoms with Crippen LogP contribution < -0.4 is 5.32 Å². The first kappa shape index (κ1) is 26.1. The van der Waals surface area contributed by atoms with Crippen molar-refractivity contribution in [3.05, 3.63) is 52.8 Å². The number of benzene rings is 1. The molecule has 2 aliphatic heterocycles. The SMILES string of the molecule is CCn1ncc2c(NC3CCOCC3)c(COC3CCN(C(=O)c4cccc(C(=O)O)c4)CC3)c(C)nc21. The zero-order chi connectivity index (χ0) is 26.6. The Morgan fingerprint density at radius 3 is 2.61 bits per heavy atom. The monoisotopic (exact) mass is 521 g/mol. The van der Waals surface area contributed by atoms with E-state index in [0.717, 1.165) is 73.4 Å². The van der Waals surface area contributed by atoms with Crippen molar-refractivity contribution in [3.63, 3.8) is 0 Å². The number of nitrogens with one attached hydrogen (secondary N) is 1. The molecule has 0 saturated carbocycles. The van der Waals surface area contributed by atoms with Gasteiger partial charge in [0.05, 0.1) is 35.5 Å². The van der Waals surface area contributed by atoms with Crippen LogP contribution in [0, 0.1) is 6.92 Å². The van der Waals surface area contributed by atoms with E-state index in [0.29, 0.717) is 31.3 Å². The number of rotatable bonds is 8. The topological polar surface area (TPSA) is 119 Å². The summed E-state index contributed by atoms with van der Waals surface area (Å²) in [5.74, 6) is -1.18. The van der Waals surface area contributed by atoms with Gasteiger partial charge in [-0.3, -0.25) is 4.79 Å². The summed E-state index contributed by atoms with van der Waals surface area (Å²) in [6.07, 6.45) is 5.25. The number of ether oxygens (including phenoxy) is 2. The Hall–Kier alpha value is -3.50. The van der Waals surface area contributed by atoms with Crippen molar-refractivity contribution in [1.29, 1.82) is 0 Å². The average Bonchev–Trinajstić information content (AvgIpc) is 3.36. The van der Waals surface area contributed by atoms with Crippen LogP contribution in [-0.4, -0.2) is 75.1 Å². The minimum atomic E-state index is -1.04. The average molecular weight is 522 g/mol. The molecule has 0 bridgehead atoms. The molecule has 0 unspecified atom stereocenters. The summed E-state index contributed by atoms with van der Waals surface area (Å²) in [7, 11) is 0. The minimum absolute atomic E-state index is 0.0220. The second kappa shape index (κ2) is 11.5. The third-order valence-electron chi connectivity index (χ3n) is 7.51. The fraction of sp³-hybridized carbons (Fsp3) is 0.500. The third-order valence-corrected chi connectivity index (χ3v) is 7.51. The van der Waals surface area contributed by atoms with Gasteiger partial charge in [0, 0.05) is 55.7 Å².